The predicted molar refractivity (Wildman–Crippen MR) is 92.2 cm³/mol. The van der Waals surface area contributed by atoms with Crippen molar-refractivity contribution in [3.8, 4) is 0 Å². The van der Waals surface area contributed by atoms with Crippen molar-refractivity contribution in [2.24, 2.45) is 11.7 Å². The minimum absolute atomic E-state index is 0.0333. The average molecular weight is 317 g/mol. The van der Waals surface area contributed by atoms with E-state index in [1.54, 1.807) is 24.3 Å². The van der Waals surface area contributed by atoms with Crippen LogP contribution >= 0.6 is 0 Å². The maximum absolute atomic E-state index is 12.5. The van der Waals surface area contributed by atoms with Gasteiger partial charge < -0.3 is 16.4 Å². The summed E-state index contributed by atoms with van der Waals surface area (Å²) in [6, 6.07) is 7.04. The molecule has 1 aromatic rings. The number of rotatable bonds is 4. The summed E-state index contributed by atoms with van der Waals surface area (Å²) in [5, 5.41) is 5.76. The van der Waals surface area contributed by atoms with Gasteiger partial charge in [0.2, 0.25) is 5.91 Å². The molecule has 2 amide bonds. The standard InChI is InChI=1S/C18H27N3O2/c1-12(2)20-16(22)13-7-9-14(10-8-13)21-17(23)15-6-4-5-11-18(15,3)19/h7-10,12,15H,4-6,11,19H2,1-3H3,(H,20,22)(H,21,23). The van der Waals surface area contributed by atoms with Crippen molar-refractivity contribution in [2.75, 3.05) is 5.32 Å². The van der Waals surface area contributed by atoms with Crippen LogP contribution in [0.2, 0.25) is 0 Å². The van der Waals surface area contributed by atoms with E-state index in [0.717, 1.165) is 25.7 Å². The van der Waals surface area contributed by atoms with Crippen LogP contribution in [0.25, 0.3) is 0 Å². The predicted octanol–water partition coefficient (Wildman–Crippen LogP) is 2.67. The summed E-state index contributed by atoms with van der Waals surface area (Å²) in [5.41, 5.74) is 7.10. The number of hydrogen-bond donors (Lipinski definition) is 3. The van der Waals surface area contributed by atoms with Crippen LogP contribution in [0.3, 0.4) is 0 Å². The minimum Gasteiger partial charge on any atom is -0.350 e. The highest BCUT2D eigenvalue weighted by Gasteiger charge is 2.37. The Morgan fingerprint density at radius 2 is 1.87 bits per heavy atom. The molecule has 0 heterocycles. The molecule has 2 atom stereocenters. The van der Waals surface area contributed by atoms with Gasteiger partial charge in [-0.1, -0.05) is 12.8 Å². The van der Waals surface area contributed by atoms with Crippen molar-refractivity contribution in [2.45, 2.75) is 58.0 Å². The molecule has 126 valence electrons. The summed E-state index contributed by atoms with van der Waals surface area (Å²) < 4.78 is 0. The molecule has 4 N–H and O–H groups in total. The molecule has 2 rings (SSSR count). The topological polar surface area (TPSA) is 84.2 Å². The van der Waals surface area contributed by atoms with Gasteiger partial charge in [-0.3, -0.25) is 9.59 Å². The maximum atomic E-state index is 12.5. The molecule has 0 saturated heterocycles. The molecule has 0 spiro atoms. The molecule has 1 saturated carbocycles. The number of hydrogen-bond acceptors (Lipinski definition) is 3. The third-order valence-corrected chi connectivity index (χ3v) is 4.41. The van der Waals surface area contributed by atoms with E-state index in [0.29, 0.717) is 11.3 Å². The fraction of sp³-hybridized carbons (Fsp3) is 0.556. The van der Waals surface area contributed by atoms with Crippen LogP contribution in [0.15, 0.2) is 24.3 Å². The first-order valence-corrected chi connectivity index (χ1v) is 8.30. The second-order valence-corrected chi connectivity index (χ2v) is 7.00. The largest absolute Gasteiger partial charge is 0.350 e. The van der Waals surface area contributed by atoms with Crippen molar-refractivity contribution in [1.82, 2.24) is 5.32 Å². The first kappa shape index (κ1) is 17.5. The van der Waals surface area contributed by atoms with E-state index in [4.69, 9.17) is 5.73 Å². The molecule has 1 fully saturated rings. The lowest BCUT2D eigenvalue weighted by Gasteiger charge is -2.37. The van der Waals surface area contributed by atoms with E-state index in [1.807, 2.05) is 20.8 Å². The molecule has 0 radical (unpaired) electrons. The number of benzene rings is 1. The maximum Gasteiger partial charge on any atom is 0.251 e. The monoisotopic (exact) mass is 317 g/mol. The van der Waals surface area contributed by atoms with E-state index in [-0.39, 0.29) is 23.8 Å². The molecular formula is C18H27N3O2. The fourth-order valence-corrected chi connectivity index (χ4v) is 3.07. The van der Waals surface area contributed by atoms with E-state index in [1.165, 1.54) is 0 Å². The van der Waals surface area contributed by atoms with Crippen LogP contribution in [0.1, 0.15) is 56.8 Å². The smallest absolute Gasteiger partial charge is 0.251 e. The minimum atomic E-state index is -0.445. The first-order chi connectivity index (χ1) is 10.8. The highest BCUT2D eigenvalue weighted by molar-refractivity contribution is 5.96. The van der Waals surface area contributed by atoms with Crippen LogP contribution in [-0.4, -0.2) is 23.4 Å². The number of carbonyl (C=O) groups is 2. The summed E-state index contributed by atoms with van der Waals surface area (Å²) in [6.07, 6.45) is 3.82. The van der Waals surface area contributed by atoms with E-state index in [2.05, 4.69) is 10.6 Å². The molecule has 23 heavy (non-hydrogen) atoms. The van der Waals surface area contributed by atoms with Crippen LogP contribution in [0.4, 0.5) is 5.69 Å². The lowest BCUT2D eigenvalue weighted by atomic mass is 9.74. The van der Waals surface area contributed by atoms with Crippen molar-refractivity contribution < 1.29 is 9.59 Å². The lowest BCUT2D eigenvalue weighted by Crippen LogP contribution is -2.51. The van der Waals surface area contributed by atoms with Gasteiger partial charge >= 0.3 is 0 Å². The summed E-state index contributed by atoms with van der Waals surface area (Å²) in [4.78, 5) is 24.4. The molecule has 5 heteroatoms. The summed E-state index contributed by atoms with van der Waals surface area (Å²) in [6.45, 7) is 5.79. The average Bonchev–Trinajstić information content (AvgIpc) is 2.46. The second-order valence-electron chi connectivity index (χ2n) is 7.00. The molecule has 0 aliphatic heterocycles. The van der Waals surface area contributed by atoms with Crippen LogP contribution in [0, 0.1) is 5.92 Å². The molecule has 0 aromatic heterocycles. The Hall–Kier alpha value is -1.88. The molecule has 1 aromatic carbocycles. The fourth-order valence-electron chi connectivity index (χ4n) is 3.07. The van der Waals surface area contributed by atoms with Crippen LogP contribution < -0.4 is 16.4 Å². The van der Waals surface area contributed by atoms with Crippen molar-refractivity contribution in [1.29, 1.82) is 0 Å². The summed E-state index contributed by atoms with van der Waals surface area (Å²) in [7, 11) is 0. The Bertz CT molecular complexity index is 564. The van der Waals surface area contributed by atoms with Crippen molar-refractivity contribution in [3.63, 3.8) is 0 Å². The van der Waals surface area contributed by atoms with Gasteiger partial charge in [0, 0.05) is 22.8 Å². The number of carbonyl (C=O) groups excluding carboxylic acids is 2. The number of nitrogens with two attached hydrogens (primary N) is 1. The quantitative estimate of drug-likeness (QED) is 0.798. The molecule has 2 unspecified atom stereocenters. The van der Waals surface area contributed by atoms with E-state index in [9.17, 15) is 9.59 Å². The Balaban J connectivity index is 2.00. The summed E-state index contributed by atoms with van der Waals surface area (Å²) >= 11 is 0. The van der Waals surface area contributed by atoms with Gasteiger partial charge in [-0.2, -0.15) is 0 Å². The van der Waals surface area contributed by atoms with E-state index < -0.39 is 5.54 Å². The normalized spacial score (nSPS) is 24.3. The highest BCUT2D eigenvalue weighted by Crippen LogP contribution is 2.32. The zero-order valence-corrected chi connectivity index (χ0v) is 14.2. The molecule has 5 nitrogen and oxygen atoms in total. The molecule has 0 bridgehead atoms. The summed E-state index contributed by atoms with van der Waals surface area (Å²) in [5.74, 6) is -0.311. The SMILES string of the molecule is CC(C)NC(=O)c1ccc(NC(=O)C2CCCCC2(C)N)cc1. The Kier molecular flexibility index (Phi) is 5.42. The van der Waals surface area contributed by atoms with Gasteiger partial charge in [-0.05, 0) is 57.9 Å². The Morgan fingerprint density at radius 3 is 2.43 bits per heavy atom. The van der Waals surface area contributed by atoms with Gasteiger partial charge in [0.25, 0.3) is 5.91 Å². The Labute approximate surface area is 138 Å². The van der Waals surface area contributed by atoms with Gasteiger partial charge in [-0.25, -0.2) is 0 Å². The van der Waals surface area contributed by atoms with Gasteiger partial charge in [0.1, 0.15) is 0 Å². The van der Waals surface area contributed by atoms with Gasteiger partial charge in [0.05, 0.1) is 5.92 Å². The number of nitrogens with one attached hydrogen (secondary N) is 2. The number of anilines is 1. The van der Waals surface area contributed by atoms with Crippen molar-refractivity contribution >= 4 is 17.5 Å². The molecule has 1 aliphatic rings. The van der Waals surface area contributed by atoms with Crippen LogP contribution in [0.5, 0.6) is 0 Å². The van der Waals surface area contributed by atoms with Crippen LogP contribution in [-0.2, 0) is 4.79 Å². The van der Waals surface area contributed by atoms with E-state index >= 15 is 0 Å². The van der Waals surface area contributed by atoms with Gasteiger partial charge in [0.15, 0.2) is 0 Å². The van der Waals surface area contributed by atoms with Crippen molar-refractivity contribution in [3.05, 3.63) is 29.8 Å². The highest BCUT2D eigenvalue weighted by atomic mass is 16.2. The zero-order valence-electron chi connectivity index (χ0n) is 14.2. The molecular weight excluding hydrogens is 290 g/mol. The molecule has 1 aliphatic carbocycles. The third kappa shape index (κ3) is 4.55. The number of amides is 2. The van der Waals surface area contributed by atoms with Gasteiger partial charge in [-0.15, -0.1) is 0 Å². The lowest BCUT2D eigenvalue weighted by molar-refractivity contribution is -0.122. The Morgan fingerprint density at radius 1 is 1.22 bits per heavy atom. The zero-order chi connectivity index (χ0) is 17.0. The third-order valence-electron chi connectivity index (χ3n) is 4.41. The second kappa shape index (κ2) is 7.13. The first-order valence-electron chi connectivity index (χ1n) is 8.30.